The molecule has 1 saturated carbocycles. The lowest BCUT2D eigenvalue weighted by molar-refractivity contribution is -0.145. The number of carbonyl (C=O) groups is 2. The Kier molecular flexibility index (Phi) is 3.83. The second-order valence-corrected chi connectivity index (χ2v) is 6.25. The van der Waals surface area contributed by atoms with Gasteiger partial charge in [0.05, 0.1) is 0 Å². The third-order valence-corrected chi connectivity index (χ3v) is 4.53. The molecule has 1 aliphatic carbocycles. The van der Waals surface area contributed by atoms with Crippen LogP contribution in [0.3, 0.4) is 0 Å². The van der Waals surface area contributed by atoms with Crippen LogP contribution in [0.25, 0.3) is 10.9 Å². The number of benzene rings is 1. The van der Waals surface area contributed by atoms with Gasteiger partial charge in [-0.15, -0.1) is 0 Å². The molecule has 0 radical (unpaired) electrons. The molecule has 5 nitrogen and oxygen atoms in total. The number of aliphatic carboxylic acids is 1. The van der Waals surface area contributed by atoms with E-state index in [0.29, 0.717) is 23.6 Å². The summed E-state index contributed by atoms with van der Waals surface area (Å²) in [7, 11) is 0. The molecule has 1 aromatic carbocycles. The zero-order chi connectivity index (χ0) is 15.7. The summed E-state index contributed by atoms with van der Waals surface area (Å²) in [5.74, 6) is -1.35. The number of H-pyrrole nitrogens is 1. The molecule has 0 bridgehead atoms. The molecule has 0 aliphatic heterocycles. The van der Waals surface area contributed by atoms with E-state index in [1.807, 2.05) is 6.07 Å². The molecule has 1 aliphatic rings. The monoisotopic (exact) mass is 320 g/mol. The average molecular weight is 321 g/mol. The molecule has 3 rings (SSSR count). The third kappa shape index (κ3) is 2.68. The Bertz CT molecular complexity index is 732. The summed E-state index contributed by atoms with van der Waals surface area (Å²) in [6.07, 6.45) is 3.58. The van der Waals surface area contributed by atoms with Crippen molar-refractivity contribution in [3.8, 4) is 0 Å². The minimum atomic E-state index is -1.15. The fraction of sp³-hybridized carbons (Fsp3) is 0.375. The first-order chi connectivity index (χ1) is 10.5. The highest BCUT2D eigenvalue weighted by atomic mass is 35.5. The molecule has 1 aromatic heterocycles. The summed E-state index contributed by atoms with van der Waals surface area (Å²) in [6, 6.07) is 7.01. The van der Waals surface area contributed by atoms with Crippen LogP contribution in [0.15, 0.2) is 24.3 Å². The van der Waals surface area contributed by atoms with E-state index in [-0.39, 0.29) is 0 Å². The lowest BCUT2D eigenvalue weighted by Crippen LogP contribution is -2.55. The molecular weight excluding hydrogens is 304 g/mol. The number of halogens is 1. The Balaban J connectivity index is 1.86. The van der Waals surface area contributed by atoms with Crippen molar-refractivity contribution in [2.45, 2.75) is 37.6 Å². The first kappa shape index (κ1) is 14.9. The predicted octanol–water partition coefficient (Wildman–Crippen LogP) is 3.34. The van der Waals surface area contributed by atoms with Crippen molar-refractivity contribution in [3.05, 3.63) is 35.0 Å². The average Bonchev–Trinajstić information content (AvgIpc) is 2.91. The largest absolute Gasteiger partial charge is 0.480 e. The molecule has 1 heterocycles. The second kappa shape index (κ2) is 5.65. The van der Waals surface area contributed by atoms with Gasteiger partial charge in [-0.05, 0) is 31.0 Å². The van der Waals surface area contributed by atoms with Gasteiger partial charge < -0.3 is 15.4 Å². The second-order valence-electron chi connectivity index (χ2n) is 5.82. The van der Waals surface area contributed by atoms with E-state index in [1.165, 1.54) is 0 Å². The van der Waals surface area contributed by atoms with E-state index < -0.39 is 17.4 Å². The maximum absolute atomic E-state index is 12.4. The van der Waals surface area contributed by atoms with E-state index in [2.05, 4.69) is 10.3 Å². The van der Waals surface area contributed by atoms with Gasteiger partial charge in [-0.3, -0.25) is 4.79 Å². The molecule has 0 spiro atoms. The van der Waals surface area contributed by atoms with E-state index in [0.717, 1.165) is 30.2 Å². The third-order valence-electron chi connectivity index (χ3n) is 4.30. The highest BCUT2D eigenvalue weighted by molar-refractivity contribution is 6.31. The summed E-state index contributed by atoms with van der Waals surface area (Å²) in [6.45, 7) is 0. The topological polar surface area (TPSA) is 82.2 Å². The molecule has 1 amide bonds. The van der Waals surface area contributed by atoms with Crippen molar-refractivity contribution in [2.24, 2.45) is 0 Å². The Morgan fingerprint density at radius 1 is 1.18 bits per heavy atom. The fourth-order valence-corrected chi connectivity index (χ4v) is 3.23. The quantitative estimate of drug-likeness (QED) is 0.811. The standard InChI is InChI=1S/C16H17ClN2O3/c17-11-5-4-10-8-13(18-12(10)9-11)14(20)19-16(15(21)22)6-2-1-3-7-16/h4-5,8-9,18H,1-3,6-7H2,(H,19,20)(H,21,22). The minimum Gasteiger partial charge on any atom is -0.480 e. The van der Waals surface area contributed by atoms with Crippen molar-refractivity contribution in [1.29, 1.82) is 0 Å². The highest BCUT2D eigenvalue weighted by Gasteiger charge is 2.41. The number of hydrogen-bond acceptors (Lipinski definition) is 2. The Morgan fingerprint density at radius 3 is 2.59 bits per heavy atom. The maximum atomic E-state index is 12.4. The van der Waals surface area contributed by atoms with Gasteiger partial charge in [0.1, 0.15) is 11.2 Å². The van der Waals surface area contributed by atoms with Crippen LogP contribution < -0.4 is 5.32 Å². The first-order valence-electron chi connectivity index (χ1n) is 7.34. The van der Waals surface area contributed by atoms with E-state index >= 15 is 0 Å². The number of carboxylic acid groups (broad SMARTS) is 1. The van der Waals surface area contributed by atoms with Crippen molar-refractivity contribution in [1.82, 2.24) is 10.3 Å². The van der Waals surface area contributed by atoms with Crippen LogP contribution in [0, 0.1) is 0 Å². The Hall–Kier alpha value is -2.01. The highest BCUT2D eigenvalue weighted by Crippen LogP contribution is 2.29. The summed E-state index contributed by atoms with van der Waals surface area (Å²) >= 11 is 5.93. The number of nitrogens with one attached hydrogen (secondary N) is 2. The maximum Gasteiger partial charge on any atom is 0.329 e. The van der Waals surface area contributed by atoms with Crippen LogP contribution in [0.1, 0.15) is 42.6 Å². The van der Waals surface area contributed by atoms with E-state index in [4.69, 9.17) is 11.6 Å². The molecule has 1 fully saturated rings. The molecule has 6 heteroatoms. The van der Waals surface area contributed by atoms with Gasteiger partial charge in [-0.1, -0.05) is 36.9 Å². The lowest BCUT2D eigenvalue weighted by Gasteiger charge is -2.33. The van der Waals surface area contributed by atoms with Crippen LogP contribution >= 0.6 is 11.6 Å². The molecule has 2 aromatic rings. The molecular formula is C16H17ClN2O3. The fourth-order valence-electron chi connectivity index (χ4n) is 3.05. The normalized spacial score (nSPS) is 17.3. The molecule has 3 N–H and O–H groups in total. The van der Waals surface area contributed by atoms with Crippen LogP contribution in [0.4, 0.5) is 0 Å². The number of hydrogen-bond donors (Lipinski definition) is 3. The van der Waals surface area contributed by atoms with E-state index in [1.54, 1.807) is 18.2 Å². The summed E-state index contributed by atoms with van der Waals surface area (Å²) in [4.78, 5) is 27.0. The number of carboxylic acids is 1. The van der Waals surface area contributed by atoms with Gasteiger partial charge >= 0.3 is 5.97 Å². The number of amides is 1. The van der Waals surface area contributed by atoms with Crippen LogP contribution in [-0.4, -0.2) is 27.5 Å². The number of carbonyl (C=O) groups excluding carboxylic acids is 1. The zero-order valence-corrected chi connectivity index (χ0v) is 12.7. The minimum absolute atomic E-state index is 0.350. The molecule has 116 valence electrons. The smallest absolute Gasteiger partial charge is 0.329 e. The molecule has 0 saturated heterocycles. The zero-order valence-electron chi connectivity index (χ0n) is 12.0. The number of fused-ring (bicyclic) bond motifs is 1. The summed E-state index contributed by atoms with van der Waals surface area (Å²) in [5, 5.41) is 13.7. The van der Waals surface area contributed by atoms with Crippen molar-refractivity contribution >= 4 is 34.4 Å². The first-order valence-corrected chi connectivity index (χ1v) is 7.72. The Labute approximate surface area is 132 Å². The van der Waals surface area contributed by atoms with Crippen molar-refractivity contribution < 1.29 is 14.7 Å². The summed E-state index contributed by atoms with van der Waals surface area (Å²) in [5.41, 5.74) is -0.0429. The van der Waals surface area contributed by atoms with Crippen LogP contribution in [0.5, 0.6) is 0 Å². The van der Waals surface area contributed by atoms with Gasteiger partial charge in [-0.25, -0.2) is 4.79 Å². The van der Waals surface area contributed by atoms with Gasteiger partial charge in [0.25, 0.3) is 5.91 Å². The van der Waals surface area contributed by atoms with Crippen LogP contribution in [0.2, 0.25) is 5.02 Å². The molecule has 0 unspecified atom stereocenters. The number of rotatable bonds is 3. The summed E-state index contributed by atoms with van der Waals surface area (Å²) < 4.78 is 0. The molecule has 22 heavy (non-hydrogen) atoms. The van der Waals surface area contributed by atoms with E-state index in [9.17, 15) is 14.7 Å². The van der Waals surface area contributed by atoms with Crippen LogP contribution in [-0.2, 0) is 4.79 Å². The van der Waals surface area contributed by atoms with Gasteiger partial charge in [0.2, 0.25) is 0 Å². The predicted molar refractivity (Wildman–Crippen MR) is 84.2 cm³/mol. The molecule has 0 atom stereocenters. The van der Waals surface area contributed by atoms with Gasteiger partial charge in [-0.2, -0.15) is 0 Å². The lowest BCUT2D eigenvalue weighted by atomic mass is 9.81. The Morgan fingerprint density at radius 2 is 1.91 bits per heavy atom. The van der Waals surface area contributed by atoms with Gasteiger partial charge in [0, 0.05) is 15.9 Å². The van der Waals surface area contributed by atoms with Gasteiger partial charge in [0.15, 0.2) is 0 Å². The number of aromatic amines is 1. The SMILES string of the molecule is O=C(NC1(C(=O)O)CCCCC1)c1cc2ccc(Cl)cc2[nH]1. The van der Waals surface area contributed by atoms with Crippen molar-refractivity contribution in [2.75, 3.05) is 0 Å². The number of aromatic nitrogens is 1. The van der Waals surface area contributed by atoms with Crippen molar-refractivity contribution in [3.63, 3.8) is 0 Å².